The minimum atomic E-state index is 0.0821. The summed E-state index contributed by atoms with van der Waals surface area (Å²) >= 11 is 0.0821. The number of fused-ring (bicyclic) bond motifs is 1. The fraction of sp³-hybridized carbons (Fsp3) is 0.318. The molecule has 0 atom stereocenters. The number of aromatic nitrogens is 2. The summed E-state index contributed by atoms with van der Waals surface area (Å²) in [6.45, 7) is 2.50. The average molecular weight is 455 g/mol. The molecule has 3 rings (SSSR count). The van der Waals surface area contributed by atoms with E-state index in [-0.39, 0.29) is 15.0 Å². The second-order valence-electron chi connectivity index (χ2n) is 6.50. The van der Waals surface area contributed by atoms with Crippen molar-refractivity contribution in [2.75, 3.05) is 25.7 Å². The van der Waals surface area contributed by atoms with E-state index in [0.29, 0.717) is 18.1 Å². The van der Waals surface area contributed by atoms with Crippen LogP contribution in [-0.2, 0) is 0 Å². The van der Waals surface area contributed by atoms with Crippen LogP contribution in [-0.4, -0.2) is 45.7 Å². The number of hydrogen-bond acceptors (Lipinski definition) is 6. The topological polar surface area (TPSA) is 71.3 Å². The summed E-state index contributed by atoms with van der Waals surface area (Å²) in [5.74, 6) is 2.99. The van der Waals surface area contributed by atoms with Gasteiger partial charge in [0.25, 0.3) is 0 Å². The summed E-state index contributed by atoms with van der Waals surface area (Å²) in [7, 11) is 3.63. The number of benzene rings is 2. The third kappa shape index (κ3) is 5.17. The van der Waals surface area contributed by atoms with E-state index < -0.39 is 0 Å². The molecule has 2 aromatic carbocycles. The van der Waals surface area contributed by atoms with Crippen LogP contribution in [0, 0.1) is 17.2 Å². The molecule has 0 spiro atoms. The van der Waals surface area contributed by atoms with Crippen molar-refractivity contribution in [2.24, 2.45) is 0 Å². The molecule has 0 radical (unpaired) electrons. The first-order valence-corrected chi connectivity index (χ1v) is 11.5. The van der Waals surface area contributed by atoms with Gasteiger partial charge in [-0.05, 0) is 13.0 Å². The van der Waals surface area contributed by atoms with Crippen LogP contribution in [0.2, 0.25) is 5.32 Å². The molecular formula is C22H24N4O2Se. The van der Waals surface area contributed by atoms with E-state index in [1.54, 1.807) is 7.11 Å². The SMILES string of the molecule is COc1ccc(N(C)c2nc(C)nc3ccccc23)cc1OCCCC[Se]C#N. The number of anilines is 2. The predicted octanol–water partition coefficient (Wildman–Crippen LogP) is 4.48. The Kier molecular flexibility index (Phi) is 7.29. The first-order valence-electron chi connectivity index (χ1n) is 9.43. The fourth-order valence-electron chi connectivity index (χ4n) is 3.04. The van der Waals surface area contributed by atoms with Crippen LogP contribution >= 0.6 is 0 Å². The van der Waals surface area contributed by atoms with Gasteiger partial charge in [-0.15, -0.1) is 0 Å². The summed E-state index contributed by atoms with van der Waals surface area (Å²) in [6.07, 6.45) is 1.92. The fourth-order valence-corrected chi connectivity index (χ4v) is 3.96. The Labute approximate surface area is 177 Å². The molecule has 0 aliphatic rings. The summed E-state index contributed by atoms with van der Waals surface area (Å²) in [5, 5.41) is 10.6. The molecule has 0 amide bonds. The summed E-state index contributed by atoms with van der Waals surface area (Å²) < 4.78 is 11.4. The molecule has 29 heavy (non-hydrogen) atoms. The van der Waals surface area contributed by atoms with Crippen LogP contribution in [0.15, 0.2) is 42.5 Å². The van der Waals surface area contributed by atoms with E-state index in [1.165, 1.54) is 0 Å². The monoisotopic (exact) mass is 456 g/mol. The van der Waals surface area contributed by atoms with Crippen LogP contribution < -0.4 is 14.4 Å². The van der Waals surface area contributed by atoms with Crippen LogP contribution in [0.25, 0.3) is 10.9 Å². The van der Waals surface area contributed by atoms with E-state index in [1.807, 2.05) is 61.3 Å². The molecular weight excluding hydrogens is 431 g/mol. The molecule has 0 fully saturated rings. The van der Waals surface area contributed by atoms with Gasteiger partial charge in [-0.2, -0.15) is 0 Å². The van der Waals surface area contributed by atoms with Crippen LogP contribution in [0.5, 0.6) is 11.5 Å². The van der Waals surface area contributed by atoms with E-state index in [4.69, 9.17) is 14.7 Å². The van der Waals surface area contributed by atoms with Gasteiger partial charge < -0.3 is 0 Å². The number of hydrogen-bond donors (Lipinski definition) is 0. The van der Waals surface area contributed by atoms with E-state index in [0.717, 1.165) is 46.4 Å². The van der Waals surface area contributed by atoms with E-state index in [9.17, 15) is 0 Å². The van der Waals surface area contributed by atoms with Crippen molar-refractivity contribution >= 4 is 37.4 Å². The Morgan fingerprint density at radius 2 is 1.93 bits per heavy atom. The number of para-hydroxylation sites is 1. The molecule has 1 aromatic heterocycles. The Morgan fingerprint density at radius 1 is 1.10 bits per heavy atom. The normalized spacial score (nSPS) is 10.6. The molecule has 3 aromatic rings. The van der Waals surface area contributed by atoms with Gasteiger partial charge in [0.15, 0.2) is 0 Å². The van der Waals surface area contributed by atoms with Gasteiger partial charge in [0.05, 0.1) is 0 Å². The number of nitrogens with zero attached hydrogens (tertiary/aromatic N) is 4. The van der Waals surface area contributed by atoms with Crippen molar-refractivity contribution in [2.45, 2.75) is 25.1 Å². The van der Waals surface area contributed by atoms with Crippen molar-refractivity contribution in [3.05, 3.63) is 48.3 Å². The summed E-state index contributed by atoms with van der Waals surface area (Å²) in [5.41, 5.74) is 1.88. The quantitative estimate of drug-likeness (QED) is 0.350. The second kappa shape index (κ2) is 10.1. The van der Waals surface area contributed by atoms with Gasteiger partial charge in [0.2, 0.25) is 0 Å². The zero-order chi connectivity index (χ0) is 20.6. The predicted molar refractivity (Wildman–Crippen MR) is 116 cm³/mol. The Balaban J connectivity index is 1.83. The van der Waals surface area contributed by atoms with E-state index in [2.05, 4.69) is 14.9 Å². The molecule has 0 unspecified atom stereocenters. The number of rotatable bonds is 9. The zero-order valence-electron chi connectivity index (χ0n) is 16.9. The van der Waals surface area contributed by atoms with Gasteiger partial charge in [0, 0.05) is 0 Å². The van der Waals surface area contributed by atoms with Crippen LogP contribution in [0.4, 0.5) is 11.5 Å². The molecule has 0 saturated heterocycles. The van der Waals surface area contributed by atoms with Crippen molar-refractivity contribution < 1.29 is 9.47 Å². The van der Waals surface area contributed by atoms with Crippen molar-refractivity contribution in [1.29, 1.82) is 5.26 Å². The number of unbranched alkanes of at least 4 members (excludes halogenated alkanes) is 1. The molecule has 0 bridgehead atoms. The molecule has 0 saturated carbocycles. The second-order valence-corrected chi connectivity index (χ2v) is 8.35. The number of aryl methyl sites for hydroxylation is 1. The molecule has 150 valence electrons. The molecule has 6 nitrogen and oxygen atoms in total. The average Bonchev–Trinajstić information content (AvgIpc) is 2.74. The van der Waals surface area contributed by atoms with Crippen molar-refractivity contribution in [1.82, 2.24) is 9.97 Å². The standard InChI is InChI=1S/C22H24N4O2Se/c1-16-24-19-9-5-4-8-18(19)22(25-16)26(2)17-10-11-20(27-3)21(14-17)28-12-6-7-13-29-15-23/h4-5,8-11,14H,6-7,12-13H2,1-3H3. The molecule has 0 aliphatic carbocycles. The zero-order valence-corrected chi connectivity index (χ0v) is 18.6. The van der Waals surface area contributed by atoms with Gasteiger partial charge in [-0.1, -0.05) is 12.1 Å². The van der Waals surface area contributed by atoms with E-state index >= 15 is 0 Å². The third-order valence-corrected chi connectivity index (χ3v) is 5.81. The van der Waals surface area contributed by atoms with Gasteiger partial charge in [-0.3, -0.25) is 0 Å². The van der Waals surface area contributed by atoms with Crippen molar-refractivity contribution in [3.8, 4) is 16.5 Å². The first kappa shape index (κ1) is 20.9. The Hall–Kier alpha value is -2.81. The molecule has 1 heterocycles. The van der Waals surface area contributed by atoms with Crippen LogP contribution in [0.1, 0.15) is 18.7 Å². The summed E-state index contributed by atoms with van der Waals surface area (Å²) in [4.78, 5) is 13.5. The van der Waals surface area contributed by atoms with Gasteiger partial charge >= 0.3 is 147 Å². The first-order chi connectivity index (χ1) is 14.1. The van der Waals surface area contributed by atoms with Gasteiger partial charge in [-0.25, -0.2) is 4.98 Å². The third-order valence-electron chi connectivity index (χ3n) is 4.51. The van der Waals surface area contributed by atoms with Gasteiger partial charge in [0.1, 0.15) is 0 Å². The number of nitriles is 1. The van der Waals surface area contributed by atoms with Crippen molar-refractivity contribution in [3.63, 3.8) is 0 Å². The number of methoxy groups -OCH3 is 1. The molecule has 0 N–H and O–H groups in total. The minimum absolute atomic E-state index is 0.0821. The summed E-state index contributed by atoms with van der Waals surface area (Å²) in [6, 6.07) is 13.9. The maximum atomic E-state index is 8.65. The molecule has 0 aliphatic heterocycles. The molecule has 7 heteroatoms. The Bertz CT molecular complexity index is 1020. The van der Waals surface area contributed by atoms with Crippen LogP contribution in [0.3, 0.4) is 0 Å². The number of ether oxygens (including phenoxy) is 2. The maximum absolute atomic E-state index is 8.65. The Morgan fingerprint density at radius 3 is 2.72 bits per heavy atom.